The van der Waals surface area contributed by atoms with Crippen LogP contribution in [0.25, 0.3) is 0 Å². The lowest BCUT2D eigenvalue weighted by molar-refractivity contribution is 0.621. The number of nitrogens with two attached hydrogens (primary N) is 3. The van der Waals surface area contributed by atoms with E-state index in [1.54, 1.807) is 30.6 Å². The Morgan fingerprint density at radius 2 is 1.25 bits per heavy atom. The molecule has 0 aliphatic rings. The van der Waals surface area contributed by atoms with Crippen molar-refractivity contribution < 1.29 is 4.39 Å². The van der Waals surface area contributed by atoms with E-state index in [0.29, 0.717) is 41.6 Å². The minimum Gasteiger partial charge on any atom is -0.398 e. The predicted molar refractivity (Wildman–Crippen MR) is 163 cm³/mol. The van der Waals surface area contributed by atoms with Gasteiger partial charge in [0.05, 0.1) is 35.1 Å². The van der Waals surface area contributed by atoms with Crippen LogP contribution in [0.4, 0.5) is 21.6 Å². The van der Waals surface area contributed by atoms with Gasteiger partial charge in [-0.3, -0.25) is 0 Å². The van der Waals surface area contributed by atoms with Crippen molar-refractivity contribution in [1.29, 1.82) is 0 Å². The van der Waals surface area contributed by atoms with Gasteiger partial charge in [-0.2, -0.15) is 0 Å². The maximum Gasteiger partial charge on any atom is 0.147 e. The predicted octanol–water partition coefficient (Wildman–Crippen LogP) is 8.61. The Hall–Kier alpha value is -0.930. The first-order valence-corrected chi connectivity index (χ1v) is 13.5. The molecule has 0 saturated carbocycles. The summed E-state index contributed by atoms with van der Waals surface area (Å²) in [5, 5.41) is 1.49. The SMILES string of the molecule is Fc1cnc(Cl)c(Cl)c1.Nc1ccnc(Cl)c1Br.Nc1ccnc(Cl)c1Br.Nc1nc(Cl)ccc1I. The molecule has 0 saturated heterocycles. The zero-order chi connectivity index (χ0) is 27.4. The van der Waals surface area contributed by atoms with Crippen LogP contribution in [-0.2, 0) is 0 Å². The third-order valence-corrected chi connectivity index (χ3v) is 7.86. The molecule has 192 valence electrons. The first-order valence-electron chi connectivity index (χ1n) is 8.98. The van der Waals surface area contributed by atoms with Crippen LogP contribution in [0.3, 0.4) is 0 Å². The molecule has 0 bridgehead atoms. The van der Waals surface area contributed by atoms with E-state index in [2.05, 4.69) is 74.4 Å². The van der Waals surface area contributed by atoms with Gasteiger partial charge in [0, 0.05) is 12.4 Å². The molecular weight excluding hydrogens is 821 g/mol. The van der Waals surface area contributed by atoms with Crippen molar-refractivity contribution in [2.75, 3.05) is 17.2 Å². The smallest absolute Gasteiger partial charge is 0.147 e. The third kappa shape index (κ3) is 12.1. The van der Waals surface area contributed by atoms with Crippen LogP contribution in [0, 0.1) is 9.39 Å². The van der Waals surface area contributed by atoms with Gasteiger partial charge in [-0.1, -0.05) is 58.0 Å². The van der Waals surface area contributed by atoms with Crippen molar-refractivity contribution in [3.05, 3.63) is 92.9 Å². The van der Waals surface area contributed by atoms with Crippen molar-refractivity contribution in [1.82, 2.24) is 19.9 Å². The minimum absolute atomic E-state index is 0.123. The zero-order valence-corrected chi connectivity index (χ0v) is 26.7. The quantitative estimate of drug-likeness (QED) is 0.120. The van der Waals surface area contributed by atoms with Crippen LogP contribution >= 0.6 is 112 Å². The molecule has 0 spiro atoms. The monoisotopic (exact) mass is 831 g/mol. The Labute approximate surface area is 261 Å². The van der Waals surface area contributed by atoms with Gasteiger partial charge >= 0.3 is 0 Å². The number of rotatable bonds is 0. The Bertz CT molecular complexity index is 1170. The summed E-state index contributed by atoms with van der Waals surface area (Å²) in [5.41, 5.74) is 17.5. The zero-order valence-electron chi connectivity index (χ0n) is 17.5. The molecule has 0 aromatic carbocycles. The number of hydrogen-bond donors (Lipinski definition) is 3. The van der Waals surface area contributed by atoms with E-state index >= 15 is 0 Å². The molecular formula is C20H14Br2Cl5FIN7. The molecule has 4 aromatic rings. The summed E-state index contributed by atoms with van der Waals surface area (Å²) in [6, 6.07) is 7.99. The topological polar surface area (TPSA) is 130 Å². The highest BCUT2D eigenvalue weighted by Gasteiger charge is 2.00. The molecule has 0 aliphatic carbocycles. The molecule has 6 N–H and O–H groups in total. The Morgan fingerprint density at radius 1 is 0.750 bits per heavy atom. The molecule has 7 nitrogen and oxygen atoms in total. The summed E-state index contributed by atoms with van der Waals surface area (Å²) in [6.45, 7) is 0. The second-order valence-corrected chi connectivity index (χ2v) is 10.6. The molecule has 36 heavy (non-hydrogen) atoms. The highest BCUT2D eigenvalue weighted by atomic mass is 127. The largest absolute Gasteiger partial charge is 0.398 e. The fourth-order valence-corrected chi connectivity index (χ4v) is 3.21. The molecule has 4 aromatic heterocycles. The molecule has 0 fully saturated rings. The normalized spacial score (nSPS) is 9.58. The van der Waals surface area contributed by atoms with Crippen molar-refractivity contribution in [3.63, 3.8) is 0 Å². The molecule has 4 heterocycles. The summed E-state index contributed by atoms with van der Waals surface area (Å²) >= 11 is 35.8. The summed E-state index contributed by atoms with van der Waals surface area (Å²) in [6.07, 6.45) is 4.12. The van der Waals surface area contributed by atoms with E-state index in [0.717, 1.165) is 15.8 Å². The van der Waals surface area contributed by atoms with Crippen LogP contribution in [0.1, 0.15) is 0 Å². The second-order valence-electron chi connectivity index (χ2n) is 5.94. The summed E-state index contributed by atoms with van der Waals surface area (Å²) in [4.78, 5) is 14.8. The highest BCUT2D eigenvalue weighted by Crippen LogP contribution is 2.25. The average molecular weight is 835 g/mol. The lowest BCUT2D eigenvalue weighted by Gasteiger charge is -1.95. The first kappa shape index (κ1) is 33.1. The fourth-order valence-electron chi connectivity index (χ4n) is 1.69. The number of hydrogen-bond acceptors (Lipinski definition) is 7. The third-order valence-electron chi connectivity index (χ3n) is 3.36. The Morgan fingerprint density at radius 3 is 1.58 bits per heavy atom. The Kier molecular flexibility index (Phi) is 15.5. The van der Waals surface area contributed by atoms with Crippen LogP contribution in [-0.4, -0.2) is 19.9 Å². The van der Waals surface area contributed by atoms with Crippen LogP contribution < -0.4 is 17.2 Å². The molecule has 4 rings (SSSR count). The van der Waals surface area contributed by atoms with E-state index in [1.807, 2.05) is 6.07 Å². The number of aromatic nitrogens is 4. The van der Waals surface area contributed by atoms with Crippen LogP contribution in [0.2, 0.25) is 25.6 Å². The van der Waals surface area contributed by atoms with Gasteiger partial charge in [-0.25, -0.2) is 24.3 Å². The lowest BCUT2D eigenvalue weighted by Crippen LogP contribution is -1.92. The van der Waals surface area contributed by atoms with Gasteiger partial charge in [-0.15, -0.1) is 0 Å². The van der Waals surface area contributed by atoms with Crippen LogP contribution in [0.15, 0.2) is 57.9 Å². The summed E-state index contributed by atoms with van der Waals surface area (Å²) < 4.78 is 14.4. The molecule has 0 unspecified atom stereocenters. The van der Waals surface area contributed by atoms with E-state index < -0.39 is 5.82 Å². The van der Waals surface area contributed by atoms with E-state index in [9.17, 15) is 4.39 Å². The number of halogens is 9. The van der Waals surface area contributed by atoms with Crippen molar-refractivity contribution in [2.24, 2.45) is 0 Å². The molecule has 0 radical (unpaired) electrons. The second kappa shape index (κ2) is 16.8. The van der Waals surface area contributed by atoms with E-state index in [-0.39, 0.29) is 10.2 Å². The Balaban J connectivity index is 0.000000240. The van der Waals surface area contributed by atoms with Crippen LogP contribution in [0.5, 0.6) is 0 Å². The minimum atomic E-state index is -0.482. The van der Waals surface area contributed by atoms with Gasteiger partial charge in [0.15, 0.2) is 0 Å². The van der Waals surface area contributed by atoms with Gasteiger partial charge in [0.2, 0.25) is 0 Å². The number of anilines is 3. The van der Waals surface area contributed by atoms with E-state index in [1.165, 1.54) is 0 Å². The number of nitrogen functional groups attached to an aromatic ring is 3. The molecule has 0 aliphatic heterocycles. The number of nitrogens with zero attached hydrogens (tertiary/aromatic N) is 4. The van der Waals surface area contributed by atoms with Gasteiger partial charge in [0.25, 0.3) is 0 Å². The number of pyridine rings is 4. The maximum absolute atomic E-state index is 12.1. The van der Waals surface area contributed by atoms with Crippen molar-refractivity contribution in [2.45, 2.75) is 0 Å². The van der Waals surface area contributed by atoms with Gasteiger partial charge in [-0.05, 0) is 84.8 Å². The molecule has 0 amide bonds. The van der Waals surface area contributed by atoms with Crippen molar-refractivity contribution >= 4 is 130 Å². The van der Waals surface area contributed by atoms with Crippen molar-refractivity contribution in [3.8, 4) is 0 Å². The summed E-state index contributed by atoms with van der Waals surface area (Å²) in [5.74, 6) is 0.00694. The lowest BCUT2D eigenvalue weighted by atomic mass is 10.4. The molecule has 0 atom stereocenters. The maximum atomic E-state index is 12.1. The first-order chi connectivity index (χ1) is 16.8. The fraction of sp³-hybridized carbons (Fsp3) is 0. The summed E-state index contributed by atoms with van der Waals surface area (Å²) in [7, 11) is 0. The molecule has 16 heteroatoms. The van der Waals surface area contributed by atoms with Gasteiger partial charge in [0.1, 0.15) is 32.2 Å². The standard InChI is InChI=1S/2C5H4BrClN2.C5H2Cl2FN.C5H4ClIN2/c2*6-4-3(8)1-2-9-5(4)7;6-4-1-3(8)2-9-5(4)7;6-4-2-1-3(7)5(8)9-4/h2*1-2H,(H2,8,9);1-2H;1-2H,(H2,8,9). The highest BCUT2D eigenvalue weighted by molar-refractivity contribution is 14.1. The van der Waals surface area contributed by atoms with E-state index in [4.69, 9.17) is 75.2 Å². The van der Waals surface area contributed by atoms with Gasteiger partial charge < -0.3 is 17.2 Å². The average Bonchev–Trinajstić information content (AvgIpc) is 2.82.